The van der Waals surface area contributed by atoms with Gasteiger partial charge in [-0.3, -0.25) is 37.8 Å². The number of guanidine groups is 1. The predicted octanol–water partition coefficient (Wildman–Crippen LogP) is 8.35. The van der Waals surface area contributed by atoms with E-state index < -0.39 is 112 Å². The second-order valence-electron chi connectivity index (χ2n) is 20.5. The Kier molecular flexibility index (Phi) is 16.3. The molecule has 12 atom stereocenters. The number of aromatic nitrogens is 6. The Bertz CT molecular complexity index is 3550. The van der Waals surface area contributed by atoms with Gasteiger partial charge in [-0.05, 0) is 47.4 Å². The number of nitrogens with one attached hydrogen (secondary N) is 3. The summed E-state index contributed by atoms with van der Waals surface area (Å²) in [6.07, 6.45) is -5.27. The van der Waals surface area contributed by atoms with Crippen LogP contribution in [-0.4, -0.2) is 110 Å². The highest BCUT2D eigenvalue weighted by atomic mass is 32.5. The minimum absolute atomic E-state index is 0.0181. The van der Waals surface area contributed by atoms with E-state index in [1.54, 1.807) is 99.0 Å². The molecule has 6 aromatic rings. The Balaban J connectivity index is 0.934. The number of aliphatic imine (C=N–C) groups is 1. The zero-order valence-corrected chi connectivity index (χ0v) is 46.9. The molecule has 3 unspecified atom stereocenters. The van der Waals surface area contributed by atoms with Gasteiger partial charge >= 0.3 is 20.5 Å². The molecule has 1 spiro atoms. The van der Waals surface area contributed by atoms with Gasteiger partial charge in [0.2, 0.25) is 24.6 Å². The number of amides is 2. The van der Waals surface area contributed by atoms with Gasteiger partial charge in [0.15, 0.2) is 29.4 Å². The molecule has 11 rings (SSSR count). The summed E-state index contributed by atoms with van der Waals surface area (Å²) < 4.78 is 86.6. The minimum Gasteiger partial charge on any atom is -0.433 e. The Morgan fingerprint density at radius 3 is 2.35 bits per heavy atom. The van der Waals surface area contributed by atoms with Crippen molar-refractivity contribution in [3.05, 3.63) is 144 Å². The molecule has 4 fully saturated rings. The molecule has 28 heteroatoms. The molecule has 2 saturated heterocycles. The topological polar surface area (TPSA) is 280 Å². The molecular formula is C54H55FN12O12P2S. The highest BCUT2D eigenvalue weighted by Crippen LogP contribution is 2.74. The van der Waals surface area contributed by atoms with E-state index in [0.29, 0.717) is 34.3 Å². The number of imidazole rings is 2. The number of benzene rings is 3. The molecule has 2 bridgehead atoms. The Hall–Kier alpha value is -7.19. The van der Waals surface area contributed by atoms with Gasteiger partial charge in [-0.1, -0.05) is 99.6 Å². The van der Waals surface area contributed by atoms with E-state index in [1.807, 2.05) is 29.7 Å². The fourth-order valence-corrected chi connectivity index (χ4v) is 14.6. The summed E-state index contributed by atoms with van der Waals surface area (Å²) in [7, 11) is -4.94. The van der Waals surface area contributed by atoms with Crippen LogP contribution in [0.15, 0.2) is 115 Å². The summed E-state index contributed by atoms with van der Waals surface area (Å²) in [6.45, 7) is 7.02. The molecule has 6 heterocycles. The average molecular weight is 1180 g/mol. The number of esters is 1. The molecule has 3 N–H and O–H groups in total. The molecule has 3 aromatic heterocycles. The normalized spacial score (nSPS) is 29.3. The number of hydrogen-bond acceptors (Lipinski definition) is 20. The first-order chi connectivity index (χ1) is 39.6. The molecule has 426 valence electrons. The number of anilines is 2. The molecule has 3 aliphatic heterocycles. The van der Waals surface area contributed by atoms with Crippen LogP contribution < -0.4 is 16.0 Å². The van der Waals surface area contributed by atoms with E-state index in [9.17, 15) is 19.6 Å². The summed E-state index contributed by atoms with van der Waals surface area (Å²) >= 11 is 6.13. The van der Waals surface area contributed by atoms with E-state index in [0.717, 1.165) is 0 Å². The number of alkyl halides is 1. The molecular weight excluding hydrogens is 1120 g/mol. The third-order valence-electron chi connectivity index (χ3n) is 15.0. The number of ether oxygens (including phenoxy) is 2. The number of halogens is 1. The van der Waals surface area contributed by atoms with Crippen LogP contribution in [0.2, 0.25) is 0 Å². The van der Waals surface area contributed by atoms with E-state index in [1.165, 1.54) is 17.2 Å². The van der Waals surface area contributed by atoms with Crippen molar-refractivity contribution in [1.29, 1.82) is 5.26 Å². The number of phosphoric ester groups is 1. The van der Waals surface area contributed by atoms with Crippen LogP contribution in [0.5, 0.6) is 0 Å². The van der Waals surface area contributed by atoms with Crippen molar-refractivity contribution in [2.45, 2.75) is 82.5 Å². The second-order valence-corrected chi connectivity index (χ2v) is 25.0. The highest BCUT2D eigenvalue weighted by molar-refractivity contribution is 8.07. The molecule has 3 aromatic carbocycles. The molecule has 82 heavy (non-hydrogen) atoms. The largest absolute Gasteiger partial charge is 0.475 e. The van der Waals surface area contributed by atoms with Crippen LogP contribution in [0.1, 0.15) is 85.2 Å². The smallest absolute Gasteiger partial charge is 0.433 e. The maximum Gasteiger partial charge on any atom is 0.475 e. The van der Waals surface area contributed by atoms with Crippen LogP contribution in [0.3, 0.4) is 0 Å². The molecule has 2 saturated carbocycles. The van der Waals surface area contributed by atoms with Crippen LogP contribution in [0.4, 0.5) is 16.0 Å². The van der Waals surface area contributed by atoms with Crippen molar-refractivity contribution in [1.82, 2.24) is 34.4 Å². The number of carbonyl (C=O) groups is 3. The molecule has 2 aliphatic carbocycles. The van der Waals surface area contributed by atoms with Crippen molar-refractivity contribution in [3.8, 4) is 6.07 Å². The first kappa shape index (κ1) is 56.7. The van der Waals surface area contributed by atoms with Gasteiger partial charge in [-0.15, -0.1) is 0 Å². The summed E-state index contributed by atoms with van der Waals surface area (Å²) in [6, 6.07) is 28.1. The van der Waals surface area contributed by atoms with Crippen molar-refractivity contribution in [2.24, 2.45) is 28.2 Å². The second kappa shape index (κ2) is 23.6. The number of nitrogens with zero attached hydrogens (tertiary/aromatic N) is 9. The number of carbonyl (C=O) groups excluding carboxylic acids is 3. The predicted molar refractivity (Wildman–Crippen MR) is 294 cm³/mol. The third kappa shape index (κ3) is 11.2. The maximum atomic E-state index is 17.6. The van der Waals surface area contributed by atoms with E-state index >= 15 is 8.96 Å². The number of hydrogen-bond donors (Lipinski definition) is 3. The van der Waals surface area contributed by atoms with Crippen molar-refractivity contribution >= 4 is 72.9 Å². The van der Waals surface area contributed by atoms with Gasteiger partial charge < -0.3 is 43.1 Å². The van der Waals surface area contributed by atoms with Crippen LogP contribution in [0, 0.1) is 41.1 Å². The van der Waals surface area contributed by atoms with Crippen molar-refractivity contribution in [2.75, 3.05) is 43.6 Å². The monoisotopic (exact) mass is 1180 g/mol. The Morgan fingerprint density at radius 1 is 0.951 bits per heavy atom. The maximum absolute atomic E-state index is 17.6. The van der Waals surface area contributed by atoms with Gasteiger partial charge in [-0.2, -0.15) is 5.26 Å². The lowest BCUT2D eigenvalue weighted by atomic mass is 9.91. The van der Waals surface area contributed by atoms with Crippen LogP contribution in [-0.2, 0) is 62.6 Å². The quantitative estimate of drug-likeness (QED) is 0.0377. The minimum atomic E-state index is -4.94. The van der Waals surface area contributed by atoms with E-state index in [4.69, 9.17) is 55.0 Å². The lowest BCUT2D eigenvalue weighted by Gasteiger charge is -2.34. The molecule has 5 aliphatic rings. The van der Waals surface area contributed by atoms with E-state index in [-0.39, 0.29) is 55.4 Å². The fraction of sp³-hybridized carbons (Fsp3) is 0.407. The van der Waals surface area contributed by atoms with Crippen LogP contribution in [0.25, 0.3) is 16.0 Å². The van der Waals surface area contributed by atoms with Gasteiger partial charge in [0, 0.05) is 28.9 Å². The van der Waals surface area contributed by atoms with Crippen LogP contribution >= 0.6 is 14.5 Å². The standard InChI is InChI=1S/C54H55FN12O12P2S/c1-31(2)48(68)64-53-63-47-41(50(65-53)77-52(70)38(33-15-8-5-9-16-33)34-17-10-6-11-18-34)61-30-67(47)51-43-39(55)37(76-51)26-74-81(82,73-24-22-57-4)79-44-32(3)42(36-25-54(36,44)27-75-80(71,78-43)72-23-14-21-56)66-29-60-40-45(58-28-59-46(40)66)62-49(69)35-19-12-7-13-20-35/h5-13,15-20,28-32,36-39,42-44,50-51H,14,22-27H2,1-3H3,(H,58,59,62,69)(H2,63,64,65,68)/t32-,36+,37+,39+,42-,43+,44-,50?,51+,54-,80?,81?/m0/s1. The number of fused-ring (bicyclic) bond motifs is 4. The third-order valence-corrected chi connectivity index (χ3v) is 18.8. The number of rotatable bonds is 15. The summed E-state index contributed by atoms with van der Waals surface area (Å²) in [4.78, 5) is 67.2. The van der Waals surface area contributed by atoms with Crippen molar-refractivity contribution in [3.63, 3.8) is 0 Å². The lowest BCUT2D eigenvalue weighted by molar-refractivity contribution is -0.150. The first-order valence-corrected chi connectivity index (χ1v) is 30.4. The fourth-order valence-electron chi connectivity index (χ4n) is 11.0. The number of phosphoric acid groups is 1. The molecule has 2 amide bonds. The van der Waals surface area contributed by atoms with Crippen molar-refractivity contribution < 1.29 is 60.0 Å². The first-order valence-electron chi connectivity index (χ1n) is 26.3. The van der Waals surface area contributed by atoms with Gasteiger partial charge in [-0.25, -0.2) is 40.5 Å². The Morgan fingerprint density at radius 2 is 1.66 bits per heavy atom. The zero-order valence-electron chi connectivity index (χ0n) is 44.3. The molecule has 0 radical (unpaired) electrons. The molecule has 24 nitrogen and oxygen atoms in total. The zero-order chi connectivity index (χ0) is 57.3. The summed E-state index contributed by atoms with van der Waals surface area (Å²) in [5, 5.41) is 18.2. The van der Waals surface area contributed by atoms with Gasteiger partial charge in [0.1, 0.15) is 42.6 Å². The van der Waals surface area contributed by atoms with Gasteiger partial charge in [0.25, 0.3) is 5.91 Å². The average Bonchev–Trinajstić information content (AvgIpc) is 3.91. The highest BCUT2D eigenvalue weighted by Gasteiger charge is 2.73. The lowest BCUT2D eigenvalue weighted by Crippen LogP contribution is -2.41. The van der Waals surface area contributed by atoms with Gasteiger partial charge in [0.05, 0.1) is 51.1 Å². The Labute approximate surface area is 474 Å². The number of nitriles is 1. The summed E-state index contributed by atoms with van der Waals surface area (Å²) in [5.41, 5.74) is 1.38. The SMILES string of the molecule is [C-]#[N+]CCOP1(=S)OC[C@H]2O[C@@H](n3cnc4c3NC(NC(=O)C(C)C)=NC4OC(=O)C(c3ccccc3)c3ccccc3)[C@H](OP(=O)(OCCC#N)OC[C@@]34C[C@@H]3[C@@H](n3cnc5c(NC(=O)c6ccccc6)ncnc53)[C@H](C)[C@@H]4O1)[C@@H]2F. The summed E-state index contributed by atoms with van der Waals surface area (Å²) in [5.74, 6) is -3.73. The van der Waals surface area contributed by atoms with E-state index in [2.05, 4.69) is 45.7 Å².